The lowest BCUT2D eigenvalue weighted by atomic mass is 10.1. The molecular weight excluding hydrogens is 384 g/mol. The fourth-order valence-corrected chi connectivity index (χ4v) is 3.64. The van der Waals surface area contributed by atoms with E-state index in [0.717, 1.165) is 10.4 Å². The van der Waals surface area contributed by atoms with Gasteiger partial charge in [0.15, 0.2) is 6.61 Å². The molecule has 0 spiro atoms. The van der Waals surface area contributed by atoms with Gasteiger partial charge in [0.2, 0.25) is 0 Å². The van der Waals surface area contributed by atoms with Crippen LogP contribution in [-0.4, -0.2) is 23.5 Å². The maximum atomic E-state index is 12.7. The molecule has 5 nitrogen and oxygen atoms in total. The minimum absolute atomic E-state index is 0.337. The molecule has 4 aromatic rings. The second-order valence-corrected chi connectivity index (χ2v) is 7.34. The zero-order valence-electron chi connectivity index (χ0n) is 15.5. The highest BCUT2D eigenvalue weighted by Crippen LogP contribution is 2.28. The van der Waals surface area contributed by atoms with E-state index in [9.17, 15) is 9.59 Å². The van der Waals surface area contributed by atoms with Crippen molar-refractivity contribution in [1.82, 2.24) is 10.3 Å². The number of hydrogen-bond acceptors (Lipinski definition) is 5. The Balaban J connectivity index is 1.48. The first-order valence-corrected chi connectivity index (χ1v) is 10.00. The third kappa shape index (κ3) is 4.50. The number of rotatable bonds is 6. The van der Waals surface area contributed by atoms with Gasteiger partial charge in [-0.15, -0.1) is 11.3 Å². The molecule has 29 heavy (non-hydrogen) atoms. The van der Waals surface area contributed by atoms with Crippen LogP contribution >= 0.6 is 11.3 Å². The number of nitrogens with one attached hydrogen (secondary N) is 1. The number of hydrogen-bond donors (Lipinski definition) is 1. The fourth-order valence-electron chi connectivity index (χ4n) is 2.95. The van der Waals surface area contributed by atoms with E-state index in [4.69, 9.17) is 4.74 Å². The van der Waals surface area contributed by atoms with Crippen LogP contribution in [-0.2, 0) is 16.1 Å². The van der Waals surface area contributed by atoms with E-state index in [-0.39, 0.29) is 12.5 Å². The number of para-hydroxylation sites is 1. The highest BCUT2D eigenvalue weighted by Gasteiger charge is 2.16. The normalized spacial score (nSPS) is 10.6. The van der Waals surface area contributed by atoms with Gasteiger partial charge in [0.25, 0.3) is 5.91 Å². The van der Waals surface area contributed by atoms with Gasteiger partial charge in [0.05, 0.1) is 21.7 Å². The number of nitrogens with zero attached hydrogens (tertiary/aromatic N) is 1. The average Bonchev–Trinajstić information content (AvgIpc) is 3.31. The number of carbonyl (C=O) groups excluding carboxylic acids is 2. The molecule has 0 fully saturated rings. The van der Waals surface area contributed by atoms with Crippen LogP contribution in [0.5, 0.6) is 0 Å². The lowest BCUT2D eigenvalue weighted by molar-refractivity contribution is -0.124. The number of benzene rings is 2. The molecule has 4 rings (SSSR count). The van der Waals surface area contributed by atoms with Gasteiger partial charge in [0, 0.05) is 11.9 Å². The zero-order chi connectivity index (χ0) is 20.1. The second kappa shape index (κ2) is 8.67. The summed E-state index contributed by atoms with van der Waals surface area (Å²) in [7, 11) is 0. The summed E-state index contributed by atoms with van der Waals surface area (Å²) in [6.07, 6.45) is 0. The van der Waals surface area contributed by atoms with E-state index in [1.165, 1.54) is 0 Å². The third-order valence-corrected chi connectivity index (χ3v) is 5.27. The number of pyridine rings is 1. The van der Waals surface area contributed by atoms with Crippen molar-refractivity contribution in [3.05, 3.63) is 89.3 Å². The fraction of sp³-hybridized carbons (Fsp3) is 0.0870. The summed E-state index contributed by atoms with van der Waals surface area (Å²) in [4.78, 5) is 30.4. The lowest BCUT2D eigenvalue weighted by Crippen LogP contribution is -2.28. The Hall–Kier alpha value is -3.51. The van der Waals surface area contributed by atoms with E-state index in [0.29, 0.717) is 28.7 Å². The van der Waals surface area contributed by atoms with Crippen molar-refractivity contribution in [2.45, 2.75) is 6.54 Å². The minimum atomic E-state index is -0.545. The van der Waals surface area contributed by atoms with Gasteiger partial charge < -0.3 is 10.1 Å². The zero-order valence-corrected chi connectivity index (χ0v) is 16.3. The van der Waals surface area contributed by atoms with Crippen LogP contribution in [0.2, 0.25) is 0 Å². The first-order valence-electron chi connectivity index (χ1n) is 9.12. The maximum Gasteiger partial charge on any atom is 0.339 e. The van der Waals surface area contributed by atoms with Gasteiger partial charge in [-0.05, 0) is 29.1 Å². The molecule has 0 unspecified atom stereocenters. The maximum absolute atomic E-state index is 12.7. The van der Waals surface area contributed by atoms with Crippen LogP contribution in [0.1, 0.15) is 15.9 Å². The number of carbonyl (C=O) groups is 2. The topological polar surface area (TPSA) is 68.3 Å². The Labute approximate surface area is 172 Å². The van der Waals surface area contributed by atoms with E-state index >= 15 is 0 Å². The van der Waals surface area contributed by atoms with E-state index in [2.05, 4.69) is 10.3 Å². The summed E-state index contributed by atoms with van der Waals surface area (Å²) in [6.45, 7) is 0.0502. The Kier molecular flexibility index (Phi) is 5.63. The van der Waals surface area contributed by atoms with Crippen LogP contribution in [0.3, 0.4) is 0 Å². The van der Waals surface area contributed by atoms with Gasteiger partial charge in [-0.1, -0.05) is 54.6 Å². The molecule has 6 heteroatoms. The lowest BCUT2D eigenvalue weighted by Gasteiger charge is -2.10. The summed E-state index contributed by atoms with van der Waals surface area (Å²) in [6, 6.07) is 22.6. The molecule has 0 aliphatic rings. The minimum Gasteiger partial charge on any atom is -0.452 e. The van der Waals surface area contributed by atoms with Gasteiger partial charge in [-0.25, -0.2) is 9.78 Å². The summed E-state index contributed by atoms with van der Waals surface area (Å²) in [5, 5.41) is 5.41. The van der Waals surface area contributed by atoms with Crippen LogP contribution in [0.4, 0.5) is 0 Å². The summed E-state index contributed by atoms with van der Waals surface area (Å²) in [5.74, 6) is -0.893. The third-order valence-electron chi connectivity index (χ3n) is 4.38. The molecule has 2 aromatic carbocycles. The molecule has 2 heterocycles. The summed E-state index contributed by atoms with van der Waals surface area (Å²) < 4.78 is 5.28. The van der Waals surface area contributed by atoms with Gasteiger partial charge in [0.1, 0.15) is 0 Å². The molecule has 0 radical (unpaired) electrons. The molecular formula is C23H18N2O3S. The van der Waals surface area contributed by atoms with Gasteiger partial charge in [-0.2, -0.15) is 0 Å². The van der Waals surface area contributed by atoms with Gasteiger partial charge in [-0.3, -0.25) is 4.79 Å². The molecule has 144 valence electrons. The number of aromatic nitrogens is 1. The molecule has 0 saturated heterocycles. The largest absolute Gasteiger partial charge is 0.452 e. The van der Waals surface area contributed by atoms with Crippen LogP contribution in [0, 0.1) is 0 Å². The smallest absolute Gasteiger partial charge is 0.339 e. The Morgan fingerprint density at radius 1 is 0.966 bits per heavy atom. The van der Waals surface area contributed by atoms with Crippen molar-refractivity contribution >= 4 is 34.1 Å². The van der Waals surface area contributed by atoms with Crippen molar-refractivity contribution in [3.63, 3.8) is 0 Å². The standard InChI is InChI=1S/C23H18N2O3S/c26-22(24-14-16-7-2-1-3-8-16)15-28-23(27)18-13-20(21-11-6-12-29-21)25-19-10-5-4-9-17(18)19/h1-13H,14-15H2,(H,24,26). The highest BCUT2D eigenvalue weighted by molar-refractivity contribution is 7.13. The van der Waals surface area contributed by atoms with Crippen molar-refractivity contribution in [1.29, 1.82) is 0 Å². The van der Waals surface area contributed by atoms with Crippen molar-refractivity contribution in [2.75, 3.05) is 6.61 Å². The second-order valence-electron chi connectivity index (χ2n) is 6.39. The number of thiophene rings is 1. The van der Waals surface area contributed by atoms with Crippen LogP contribution in [0.15, 0.2) is 78.2 Å². The molecule has 0 aliphatic carbocycles. The summed E-state index contributed by atoms with van der Waals surface area (Å²) in [5.41, 5.74) is 2.79. The van der Waals surface area contributed by atoms with Crippen molar-refractivity contribution < 1.29 is 14.3 Å². The average molecular weight is 402 g/mol. The Morgan fingerprint density at radius 2 is 1.76 bits per heavy atom. The van der Waals surface area contributed by atoms with Crippen molar-refractivity contribution in [3.8, 4) is 10.6 Å². The van der Waals surface area contributed by atoms with E-state index in [1.807, 2.05) is 72.1 Å². The molecule has 1 amide bonds. The van der Waals surface area contributed by atoms with E-state index < -0.39 is 5.97 Å². The number of amides is 1. The number of esters is 1. The molecule has 0 aliphatic heterocycles. The van der Waals surface area contributed by atoms with Crippen LogP contribution in [0.25, 0.3) is 21.5 Å². The Morgan fingerprint density at radius 3 is 2.55 bits per heavy atom. The predicted octanol–water partition coefficient (Wildman–Crippen LogP) is 4.44. The first kappa shape index (κ1) is 18.8. The number of fused-ring (bicyclic) bond motifs is 1. The predicted molar refractivity (Wildman–Crippen MR) is 114 cm³/mol. The SMILES string of the molecule is O=C(COC(=O)c1cc(-c2cccs2)nc2ccccc12)NCc1ccccc1. The summed E-state index contributed by atoms with van der Waals surface area (Å²) >= 11 is 1.55. The molecule has 2 aromatic heterocycles. The molecule has 0 atom stereocenters. The molecule has 0 saturated carbocycles. The van der Waals surface area contributed by atoms with E-state index in [1.54, 1.807) is 17.4 Å². The van der Waals surface area contributed by atoms with Crippen LogP contribution < -0.4 is 5.32 Å². The van der Waals surface area contributed by atoms with Crippen molar-refractivity contribution in [2.24, 2.45) is 0 Å². The van der Waals surface area contributed by atoms with Gasteiger partial charge >= 0.3 is 5.97 Å². The molecule has 1 N–H and O–H groups in total. The number of ether oxygens (including phenoxy) is 1. The Bertz CT molecular complexity index is 1140. The quantitative estimate of drug-likeness (QED) is 0.484. The highest BCUT2D eigenvalue weighted by atomic mass is 32.1. The monoisotopic (exact) mass is 402 g/mol. The first-order chi connectivity index (χ1) is 14.2. The molecule has 0 bridgehead atoms.